The quantitative estimate of drug-likeness (QED) is 0.258. The van der Waals surface area contributed by atoms with E-state index < -0.39 is 0 Å². The standard InChI is InChI=1S/C16H32N4O.HI/c1-2-17-16(18-8-3-5-15-6-7-15)19-9-4-10-20-11-13-21-14-12-20;/h15H,2-14H2,1H3,(H2,17,18,19);1H. The van der Waals surface area contributed by atoms with Crippen LogP contribution >= 0.6 is 24.0 Å². The average Bonchev–Trinajstić information content (AvgIpc) is 3.33. The van der Waals surface area contributed by atoms with Gasteiger partial charge in [0.25, 0.3) is 0 Å². The van der Waals surface area contributed by atoms with E-state index in [1.807, 2.05) is 0 Å². The SMILES string of the molecule is CCNC(=NCCCN1CCOCC1)NCCCC1CC1.I. The Morgan fingerprint density at radius 1 is 1.18 bits per heavy atom. The summed E-state index contributed by atoms with van der Waals surface area (Å²) in [5.74, 6) is 2.01. The second-order valence-corrected chi connectivity index (χ2v) is 6.08. The van der Waals surface area contributed by atoms with Gasteiger partial charge in [-0.1, -0.05) is 12.8 Å². The van der Waals surface area contributed by atoms with Crippen molar-refractivity contribution in [1.29, 1.82) is 0 Å². The summed E-state index contributed by atoms with van der Waals surface area (Å²) in [5.41, 5.74) is 0. The van der Waals surface area contributed by atoms with Crippen molar-refractivity contribution in [2.75, 3.05) is 52.5 Å². The van der Waals surface area contributed by atoms with Crippen molar-refractivity contribution >= 4 is 29.9 Å². The zero-order valence-corrected chi connectivity index (χ0v) is 16.3. The van der Waals surface area contributed by atoms with Crippen molar-refractivity contribution in [3.63, 3.8) is 0 Å². The number of nitrogens with zero attached hydrogens (tertiary/aromatic N) is 2. The summed E-state index contributed by atoms with van der Waals surface area (Å²) in [7, 11) is 0. The van der Waals surface area contributed by atoms with Crippen LogP contribution in [0.4, 0.5) is 0 Å². The molecule has 2 fully saturated rings. The van der Waals surface area contributed by atoms with E-state index in [-0.39, 0.29) is 24.0 Å². The number of ether oxygens (including phenoxy) is 1. The number of rotatable bonds is 9. The molecule has 0 unspecified atom stereocenters. The molecular formula is C16H33IN4O. The highest BCUT2D eigenvalue weighted by molar-refractivity contribution is 14.0. The highest BCUT2D eigenvalue weighted by Gasteiger charge is 2.19. The van der Waals surface area contributed by atoms with Crippen LogP contribution in [-0.2, 0) is 4.74 Å². The van der Waals surface area contributed by atoms with E-state index in [4.69, 9.17) is 4.74 Å². The molecule has 1 aliphatic heterocycles. The normalized spacial score (nSPS) is 19.6. The number of halogens is 1. The molecule has 0 amide bonds. The van der Waals surface area contributed by atoms with Crippen LogP contribution in [0.2, 0.25) is 0 Å². The van der Waals surface area contributed by atoms with Gasteiger partial charge in [-0.15, -0.1) is 24.0 Å². The van der Waals surface area contributed by atoms with Crippen LogP contribution in [0.3, 0.4) is 0 Å². The molecule has 0 spiro atoms. The molecule has 2 N–H and O–H groups in total. The Labute approximate surface area is 152 Å². The Morgan fingerprint density at radius 3 is 2.64 bits per heavy atom. The lowest BCUT2D eigenvalue weighted by Gasteiger charge is -2.26. The molecule has 0 atom stereocenters. The number of morpholine rings is 1. The number of guanidine groups is 1. The van der Waals surface area contributed by atoms with Gasteiger partial charge in [-0.25, -0.2) is 0 Å². The van der Waals surface area contributed by atoms with Gasteiger partial charge in [-0.2, -0.15) is 0 Å². The minimum Gasteiger partial charge on any atom is -0.379 e. The highest BCUT2D eigenvalue weighted by Crippen LogP contribution is 2.33. The van der Waals surface area contributed by atoms with Gasteiger partial charge in [0, 0.05) is 39.3 Å². The molecule has 6 heteroatoms. The Morgan fingerprint density at radius 2 is 1.95 bits per heavy atom. The third-order valence-corrected chi connectivity index (χ3v) is 4.13. The molecule has 0 aromatic heterocycles. The minimum absolute atomic E-state index is 0. The zero-order chi connectivity index (χ0) is 14.8. The predicted molar refractivity (Wildman–Crippen MR) is 103 cm³/mol. The van der Waals surface area contributed by atoms with E-state index in [1.54, 1.807) is 0 Å². The molecule has 5 nitrogen and oxygen atoms in total. The van der Waals surface area contributed by atoms with Crippen molar-refractivity contribution in [3.05, 3.63) is 0 Å². The Bertz CT molecular complexity index is 305. The summed E-state index contributed by atoms with van der Waals surface area (Å²) >= 11 is 0. The molecular weight excluding hydrogens is 391 g/mol. The zero-order valence-electron chi connectivity index (χ0n) is 14.0. The molecule has 1 aliphatic carbocycles. The smallest absolute Gasteiger partial charge is 0.191 e. The van der Waals surface area contributed by atoms with Crippen LogP contribution in [-0.4, -0.2) is 63.3 Å². The lowest BCUT2D eigenvalue weighted by Crippen LogP contribution is -2.38. The molecule has 0 aromatic carbocycles. The van der Waals surface area contributed by atoms with Crippen molar-refractivity contribution in [1.82, 2.24) is 15.5 Å². The first-order chi connectivity index (χ1) is 10.4. The minimum atomic E-state index is 0. The van der Waals surface area contributed by atoms with E-state index >= 15 is 0 Å². The fourth-order valence-electron chi connectivity index (χ4n) is 2.66. The maximum Gasteiger partial charge on any atom is 0.191 e. The first-order valence-electron chi connectivity index (χ1n) is 8.70. The molecule has 1 saturated heterocycles. The van der Waals surface area contributed by atoms with Gasteiger partial charge in [-0.3, -0.25) is 9.89 Å². The van der Waals surface area contributed by atoms with Crippen LogP contribution in [0.5, 0.6) is 0 Å². The number of aliphatic imine (C=N–C) groups is 1. The summed E-state index contributed by atoms with van der Waals surface area (Å²) in [5, 5.41) is 6.78. The van der Waals surface area contributed by atoms with Crippen LogP contribution < -0.4 is 10.6 Å². The molecule has 130 valence electrons. The first-order valence-corrected chi connectivity index (χ1v) is 8.70. The molecule has 0 aromatic rings. The Balaban J connectivity index is 0.00000242. The number of nitrogens with one attached hydrogen (secondary N) is 2. The van der Waals surface area contributed by atoms with Gasteiger partial charge in [-0.05, 0) is 32.1 Å². The number of hydrogen-bond donors (Lipinski definition) is 2. The summed E-state index contributed by atoms with van der Waals surface area (Å²) in [6.07, 6.45) is 6.68. The summed E-state index contributed by atoms with van der Waals surface area (Å²) in [6.45, 7) is 10.0. The van der Waals surface area contributed by atoms with E-state index in [9.17, 15) is 0 Å². The van der Waals surface area contributed by atoms with Gasteiger partial charge in [0.05, 0.1) is 13.2 Å². The average molecular weight is 424 g/mol. The lowest BCUT2D eigenvalue weighted by atomic mass is 10.2. The second kappa shape index (κ2) is 12.4. The van der Waals surface area contributed by atoms with Gasteiger partial charge in [0.15, 0.2) is 5.96 Å². The second-order valence-electron chi connectivity index (χ2n) is 6.08. The molecule has 0 bridgehead atoms. The van der Waals surface area contributed by atoms with Gasteiger partial charge < -0.3 is 15.4 Å². The van der Waals surface area contributed by atoms with Crippen LogP contribution in [0.25, 0.3) is 0 Å². The Hall–Kier alpha value is -0.0800. The Kier molecular flexibility index (Phi) is 11.2. The fraction of sp³-hybridized carbons (Fsp3) is 0.938. The molecule has 1 saturated carbocycles. The summed E-state index contributed by atoms with van der Waals surface area (Å²) < 4.78 is 5.36. The number of hydrogen-bond acceptors (Lipinski definition) is 3. The van der Waals surface area contributed by atoms with E-state index in [2.05, 4.69) is 27.4 Å². The van der Waals surface area contributed by atoms with E-state index in [0.717, 1.165) is 70.8 Å². The largest absolute Gasteiger partial charge is 0.379 e. The van der Waals surface area contributed by atoms with E-state index in [1.165, 1.54) is 25.7 Å². The maximum absolute atomic E-state index is 5.36. The molecule has 2 aliphatic rings. The van der Waals surface area contributed by atoms with Gasteiger partial charge in [0.2, 0.25) is 0 Å². The van der Waals surface area contributed by atoms with Crippen LogP contribution in [0.1, 0.15) is 39.0 Å². The van der Waals surface area contributed by atoms with Crippen LogP contribution in [0.15, 0.2) is 4.99 Å². The van der Waals surface area contributed by atoms with Crippen molar-refractivity contribution in [2.45, 2.75) is 39.0 Å². The van der Waals surface area contributed by atoms with Crippen LogP contribution in [0, 0.1) is 5.92 Å². The lowest BCUT2D eigenvalue weighted by molar-refractivity contribution is 0.0377. The van der Waals surface area contributed by atoms with Gasteiger partial charge >= 0.3 is 0 Å². The van der Waals surface area contributed by atoms with Gasteiger partial charge in [0.1, 0.15) is 0 Å². The monoisotopic (exact) mass is 424 g/mol. The maximum atomic E-state index is 5.36. The third-order valence-electron chi connectivity index (χ3n) is 4.13. The van der Waals surface area contributed by atoms with Crippen molar-refractivity contribution in [2.24, 2.45) is 10.9 Å². The first kappa shape index (κ1) is 20.0. The summed E-state index contributed by atoms with van der Waals surface area (Å²) in [6, 6.07) is 0. The highest BCUT2D eigenvalue weighted by atomic mass is 127. The fourth-order valence-corrected chi connectivity index (χ4v) is 2.66. The third kappa shape index (κ3) is 9.15. The molecule has 2 rings (SSSR count). The molecule has 0 radical (unpaired) electrons. The van der Waals surface area contributed by atoms with Crippen molar-refractivity contribution < 1.29 is 4.74 Å². The van der Waals surface area contributed by atoms with Crippen molar-refractivity contribution in [3.8, 4) is 0 Å². The molecule has 22 heavy (non-hydrogen) atoms. The topological polar surface area (TPSA) is 48.9 Å². The summed E-state index contributed by atoms with van der Waals surface area (Å²) in [4.78, 5) is 7.13. The predicted octanol–water partition coefficient (Wildman–Crippen LogP) is 2.07. The molecule has 1 heterocycles. The van der Waals surface area contributed by atoms with E-state index in [0.29, 0.717) is 0 Å².